The van der Waals surface area contributed by atoms with Crippen LogP contribution in [0, 0.1) is 3.57 Å². The Morgan fingerprint density at radius 2 is 2.15 bits per heavy atom. The van der Waals surface area contributed by atoms with Crippen molar-refractivity contribution in [3.05, 3.63) is 39.3 Å². The minimum absolute atomic E-state index is 0.630. The summed E-state index contributed by atoms with van der Waals surface area (Å²) in [7, 11) is 0. The van der Waals surface area contributed by atoms with E-state index in [2.05, 4.69) is 32.7 Å². The molecule has 0 unspecified atom stereocenters. The van der Waals surface area contributed by atoms with Gasteiger partial charge in [0.2, 0.25) is 0 Å². The molecule has 13 heavy (non-hydrogen) atoms. The van der Waals surface area contributed by atoms with Crippen LogP contribution in [0.4, 0.5) is 0 Å². The minimum atomic E-state index is 0.630. The van der Waals surface area contributed by atoms with E-state index in [9.17, 15) is 0 Å². The number of aromatic nitrogens is 3. The largest absolute Gasteiger partial charge is 0.236 e. The number of nitrogens with zero attached hydrogens (tertiary/aromatic N) is 3. The van der Waals surface area contributed by atoms with E-state index in [1.807, 2.05) is 12.3 Å². The summed E-state index contributed by atoms with van der Waals surface area (Å²) in [5.41, 5.74) is 0. The van der Waals surface area contributed by atoms with E-state index in [1.54, 1.807) is 23.1 Å². The van der Waals surface area contributed by atoms with Gasteiger partial charge in [-0.2, -0.15) is 5.10 Å². The van der Waals surface area contributed by atoms with Crippen molar-refractivity contribution < 1.29 is 0 Å². The molecule has 0 amide bonds. The first-order chi connectivity index (χ1) is 6.25. The van der Waals surface area contributed by atoms with Crippen molar-refractivity contribution in [2.45, 2.75) is 0 Å². The molecule has 2 heterocycles. The Morgan fingerprint density at radius 3 is 2.69 bits per heavy atom. The van der Waals surface area contributed by atoms with Gasteiger partial charge in [0.05, 0.1) is 14.8 Å². The predicted octanol–water partition coefficient (Wildman–Crippen LogP) is 2.53. The number of rotatable bonds is 1. The molecule has 5 heteroatoms. The Balaban J connectivity index is 2.41. The Bertz CT molecular complexity index is 410. The Labute approximate surface area is 93.9 Å². The Morgan fingerprint density at radius 1 is 1.31 bits per heavy atom. The molecule has 0 fully saturated rings. The van der Waals surface area contributed by atoms with Crippen molar-refractivity contribution in [2.75, 3.05) is 0 Å². The average molecular weight is 306 g/mol. The van der Waals surface area contributed by atoms with Crippen LogP contribution >= 0.6 is 34.2 Å². The fourth-order valence-corrected chi connectivity index (χ4v) is 1.43. The molecule has 0 aliphatic heterocycles. The standard InChI is InChI=1S/C8H5ClIN3/c9-6-1-2-8(11-3-6)13-5-7(10)4-12-13/h1-5H. The van der Waals surface area contributed by atoms with Gasteiger partial charge >= 0.3 is 0 Å². The van der Waals surface area contributed by atoms with Gasteiger partial charge in [-0.25, -0.2) is 9.67 Å². The maximum Gasteiger partial charge on any atom is 0.153 e. The molecule has 0 atom stereocenters. The number of hydrogen-bond acceptors (Lipinski definition) is 2. The molecule has 2 aromatic heterocycles. The molecule has 0 aromatic carbocycles. The fourth-order valence-electron chi connectivity index (χ4n) is 0.930. The highest BCUT2D eigenvalue weighted by Crippen LogP contribution is 2.10. The minimum Gasteiger partial charge on any atom is -0.236 e. The smallest absolute Gasteiger partial charge is 0.153 e. The number of halogens is 2. The van der Waals surface area contributed by atoms with Crippen LogP contribution in [0.2, 0.25) is 5.02 Å². The highest BCUT2D eigenvalue weighted by molar-refractivity contribution is 14.1. The molecule has 2 aromatic rings. The summed E-state index contributed by atoms with van der Waals surface area (Å²) in [6.07, 6.45) is 5.28. The fraction of sp³-hybridized carbons (Fsp3) is 0. The van der Waals surface area contributed by atoms with Crippen molar-refractivity contribution in [3.8, 4) is 5.82 Å². The quantitative estimate of drug-likeness (QED) is 0.758. The topological polar surface area (TPSA) is 30.7 Å². The molecule has 0 N–H and O–H groups in total. The molecular weight excluding hydrogens is 300 g/mol. The van der Waals surface area contributed by atoms with Crippen LogP contribution in [0.15, 0.2) is 30.7 Å². The first-order valence-corrected chi connectivity index (χ1v) is 5.03. The molecule has 0 bridgehead atoms. The normalized spacial score (nSPS) is 10.3. The first kappa shape index (κ1) is 8.96. The van der Waals surface area contributed by atoms with Crippen molar-refractivity contribution >= 4 is 34.2 Å². The average Bonchev–Trinajstić information content (AvgIpc) is 2.53. The molecule has 2 rings (SSSR count). The second-order valence-electron chi connectivity index (χ2n) is 2.44. The van der Waals surface area contributed by atoms with Gasteiger partial charge in [0.15, 0.2) is 5.82 Å². The maximum absolute atomic E-state index is 5.71. The molecule has 0 saturated heterocycles. The van der Waals surface area contributed by atoms with Crippen LogP contribution in [0.5, 0.6) is 0 Å². The monoisotopic (exact) mass is 305 g/mol. The van der Waals surface area contributed by atoms with Crippen molar-refractivity contribution in [1.29, 1.82) is 0 Å². The summed E-state index contributed by atoms with van der Waals surface area (Å²) < 4.78 is 2.78. The lowest BCUT2D eigenvalue weighted by molar-refractivity contribution is 0.847. The maximum atomic E-state index is 5.71. The highest BCUT2D eigenvalue weighted by Gasteiger charge is 1.98. The van der Waals surface area contributed by atoms with Crippen molar-refractivity contribution in [2.24, 2.45) is 0 Å². The van der Waals surface area contributed by atoms with Crippen molar-refractivity contribution in [1.82, 2.24) is 14.8 Å². The molecule has 0 aliphatic rings. The van der Waals surface area contributed by atoms with E-state index < -0.39 is 0 Å². The lowest BCUT2D eigenvalue weighted by Gasteiger charge is -1.98. The van der Waals surface area contributed by atoms with Gasteiger partial charge in [-0.3, -0.25) is 0 Å². The lowest BCUT2D eigenvalue weighted by Crippen LogP contribution is -1.96. The Kier molecular flexibility index (Phi) is 2.50. The zero-order chi connectivity index (χ0) is 9.26. The van der Waals surface area contributed by atoms with Crippen molar-refractivity contribution in [3.63, 3.8) is 0 Å². The third-order valence-corrected chi connectivity index (χ3v) is 2.28. The second-order valence-corrected chi connectivity index (χ2v) is 4.12. The van der Waals surface area contributed by atoms with E-state index in [1.165, 1.54) is 0 Å². The third-order valence-electron chi connectivity index (χ3n) is 1.50. The van der Waals surface area contributed by atoms with Gasteiger partial charge < -0.3 is 0 Å². The summed E-state index contributed by atoms with van der Waals surface area (Å²) in [4.78, 5) is 4.13. The molecule has 0 aliphatic carbocycles. The van der Waals surface area contributed by atoms with Crippen LogP contribution in [-0.4, -0.2) is 14.8 Å². The van der Waals surface area contributed by atoms with Crippen LogP contribution in [-0.2, 0) is 0 Å². The molecule has 3 nitrogen and oxygen atoms in total. The number of hydrogen-bond donors (Lipinski definition) is 0. The number of pyridine rings is 1. The zero-order valence-corrected chi connectivity index (χ0v) is 9.40. The molecule has 0 radical (unpaired) electrons. The van der Waals surface area contributed by atoms with Gasteiger partial charge in [-0.1, -0.05) is 11.6 Å². The first-order valence-electron chi connectivity index (χ1n) is 3.58. The van der Waals surface area contributed by atoms with Crippen LogP contribution in [0.3, 0.4) is 0 Å². The third kappa shape index (κ3) is 2.00. The van der Waals surface area contributed by atoms with Crippen LogP contribution in [0.25, 0.3) is 5.82 Å². The second kappa shape index (κ2) is 3.63. The van der Waals surface area contributed by atoms with E-state index in [4.69, 9.17) is 11.6 Å². The van der Waals surface area contributed by atoms with E-state index in [-0.39, 0.29) is 0 Å². The van der Waals surface area contributed by atoms with Gasteiger partial charge in [-0.05, 0) is 34.7 Å². The van der Waals surface area contributed by atoms with Crippen LogP contribution < -0.4 is 0 Å². The molecular formula is C8H5ClIN3. The Hall–Kier alpha value is -0.620. The summed E-state index contributed by atoms with van der Waals surface area (Å²) in [6, 6.07) is 3.61. The SMILES string of the molecule is Clc1ccc(-n2cc(I)cn2)nc1. The lowest BCUT2D eigenvalue weighted by atomic mass is 10.5. The molecule has 0 spiro atoms. The predicted molar refractivity (Wildman–Crippen MR) is 59.1 cm³/mol. The highest BCUT2D eigenvalue weighted by atomic mass is 127. The van der Waals surface area contributed by atoms with Gasteiger partial charge in [0.1, 0.15) is 0 Å². The van der Waals surface area contributed by atoms with E-state index >= 15 is 0 Å². The van der Waals surface area contributed by atoms with Gasteiger partial charge in [-0.15, -0.1) is 0 Å². The zero-order valence-electron chi connectivity index (χ0n) is 6.48. The summed E-state index contributed by atoms with van der Waals surface area (Å²) >= 11 is 7.91. The molecule has 66 valence electrons. The molecule has 0 saturated carbocycles. The summed E-state index contributed by atoms with van der Waals surface area (Å²) in [5.74, 6) is 0.771. The van der Waals surface area contributed by atoms with Gasteiger partial charge in [0, 0.05) is 12.4 Å². The van der Waals surface area contributed by atoms with E-state index in [0.717, 1.165) is 9.39 Å². The summed E-state index contributed by atoms with van der Waals surface area (Å²) in [5, 5.41) is 4.75. The summed E-state index contributed by atoms with van der Waals surface area (Å²) in [6.45, 7) is 0. The van der Waals surface area contributed by atoms with Crippen LogP contribution in [0.1, 0.15) is 0 Å². The van der Waals surface area contributed by atoms with E-state index in [0.29, 0.717) is 5.02 Å². The van der Waals surface area contributed by atoms with Gasteiger partial charge in [0.25, 0.3) is 0 Å².